The van der Waals surface area contributed by atoms with E-state index >= 15 is 0 Å². The van der Waals surface area contributed by atoms with Crippen LogP contribution < -0.4 is 0 Å². The second-order valence-corrected chi connectivity index (χ2v) is 19.5. The van der Waals surface area contributed by atoms with Gasteiger partial charge in [-0.1, -0.05) is 203 Å². The molecule has 0 bridgehead atoms. The van der Waals surface area contributed by atoms with E-state index in [0.717, 1.165) is 109 Å². The smallest absolute Gasteiger partial charge is 0.335 e. The van der Waals surface area contributed by atoms with Gasteiger partial charge in [0.15, 0.2) is 24.6 Å². The van der Waals surface area contributed by atoms with E-state index in [2.05, 4.69) is 93.7 Å². The summed E-state index contributed by atoms with van der Waals surface area (Å²) in [5.41, 5.74) is 0. The third-order valence-corrected chi connectivity index (χ3v) is 12.8. The minimum absolute atomic E-state index is 0.0197. The Morgan fingerprint density at radius 2 is 0.863 bits per heavy atom. The number of ether oxygens (including phenoxy) is 5. The van der Waals surface area contributed by atoms with Crippen molar-refractivity contribution in [3.05, 3.63) is 72.9 Å². The molecule has 1 aliphatic heterocycles. The van der Waals surface area contributed by atoms with Gasteiger partial charge >= 0.3 is 23.9 Å². The Kier molecular flexibility index (Phi) is 45.1. The predicted octanol–water partition coefficient (Wildman–Crippen LogP) is 14.6. The van der Waals surface area contributed by atoms with Crippen molar-refractivity contribution in [2.45, 2.75) is 276 Å². The maximum atomic E-state index is 13.1. The van der Waals surface area contributed by atoms with Gasteiger partial charge in [-0.15, -0.1) is 0 Å². The number of aliphatic hydroxyl groups excluding tert-OH is 2. The van der Waals surface area contributed by atoms with Crippen LogP contribution in [0.3, 0.4) is 0 Å². The summed E-state index contributed by atoms with van der Waals surface area (Å²) >= 11 is 0. The van der Waals surface area contributed by atoms with Crippen molar-refractivity contribution in [3.63, 3.8) is 0 Å². The van der Waals surface area contributed by atoms with Gasteiger partial charge in [0.05, 0.1) is 6.61 Å². The molecule has 1 rings (SSSR count). The molecule has 418 valence electrons. The molecule has 0 aliphatic carbocycles. The lowest BCUT2D eigenvalue weighted by molar-refractivity contribution is -0.301. The maximum Gasteiger partial charge on any atom is 0.335 e. The average molecular weight is 1030 g/mol. The van der Waals surface area contributed by atoms with E-state index in [9.17, 15) is 34.5 Å². The third kappa shape index (κ3) is 39.3. The Morgan fingerprint density at radius 1 is 0.466 bits per heavy atom. The number of esters is 3. The number of aliphatic carboxylic acids is 1. The molecule has 1 heterocycles. The van der Waals surface area contributed by atoms with Gasteiger partial charge in [-0.2, -0.15) is 0 Å². The second-order valence-electron chi connectivity index (χ2n) is 19.5. The zero-order chi connectivity index (χ0) is 53.3. The summed E-state index contributed by atoms with van der Waals surface area (Å²) in [6.07, 6.45) is 48.7. The minimum atomic E-state index is -1.92. The van der Waals surface area contributed by atoms with E-state index < -0.39 is 67.3 Å². The molecule has 6 atom stereocenters. The fraction of sp³-hybridized carbons (Fsp3) is 0.738. The van der Waals surface area contributed by atoms with Gasteiger partial charge in [-0.25, -0.2) is 4.79 Å². The number of unbranched alkanes of at least 4 members (excludes halogenated alkanes) is 22. The predicted molar refractivity (Wildman–Crippen MR) is 294 cm³/mol. The highest BCUT2D eigenvalue weighted by molar-refractivity contribution is 5.74. The molecule has 0 aromatic carbocycles. The molecule has 3 N–H and O–H groups in total. The van der Waals surface area contributed by atoms with E-state index in [1.165, 1.54) is 70.6 Å². The number of carboxylic acids is 1. The maximum absolute atomic E-state index is 13.1. The molecule has 12 nitrogen and oxygen atoms in total. The lowest BCUT2D eigenvalue weighted by Crippen LogP contribution is -2.61. The number of hydrogen-bond acceptors (Lipinski definition) is 11. The van der Waals surface area contributed by atoms with Gasteiger partial charge in [0.1, 0.15) is 18.8 Å². The lowest BCUT2D eigenvalue weighted by Gasteiger charge is -2.40. The van der Waals surface area contributed by atoms with E-state index in [1.54, 1.807) is 0 Å². The number of rotatable bonds is 48. The third-order valence-electron chi connectivity index (χ3n) is 12.8. The van der Waals surface area contributed by atoms with Gasteiger partial charge in [0.2, 0.25) is 0 Å². The summed E-state index contributed by atoms with van der Waals surface area (Å²) < 4.78 is 28.3. The Balaban J connectivity index is 2.70. The van der Waals surface area contributed by atoms with Gasteiger partial charge in [0.25, 0.3) is 0 Å². The molecule has 12 heteroatoms. The van der Waals surface area contributed by atoms with Crippen molar-refractivity contribution in [3.8, 4) is 0 Å². The van der Waals surface area contributed by atoms with Crippen LogP contribution in [0.1, 0.15) is 239 Å². The van der Waals surface area contributed by atoms with Crippen molar-refractivity contribution in [1.82, 2.24) is 0 Å². The normalized spacial score (nSPS) is 18.8. The van der Waals surface area contributed by atoms with Crippen molar-refractivity contribution in [2.75, 3.05) is 13.2 Å². The van der Waals surface area contributed by atoms with E-state index in [0.29, 0.717) is 19.3 Å². The van der Waals surface area contributed by atoms with Gasteiger partial charge in [-0.3, -0.25) is 14.4 Å². The highest BCUT2D eigenvalue weighted by atomic mass is 16.7. The number of hydrogen-bond donors (Lipinski definition) is 3. The largest absolute Gasteiger partial charge is 0.479 e. The van der Waals surface area contributed by atoms with Crippen LogP contribution in [-0.4, -0.2) is 89.2 Å². The summed E-state index contributed by atoms with van der Waals surface area (Å²) in [5.74, 6) is -3.17. The number of carbonyl (C=O) groups excluding carboxylic acids is 3. The van der Waals surface area contributed by atoms with Crippen molar-refractivity contribution >= 4 is 23.9 Å². The minimum Gasteiger partial charge on any atom is -0.479 e. The number of carboxylic acid groups (broad SMARTS) is 1. The summed E-state index contributed by atoms with van der Waals surface area (Å²) in [6, 6.07) is 0. The highest BCUT2D eigenvalue weighted by Crippen LogP contribution is 2.26. The van der Waals surface area contributed by atoms with Gasteiger partial charge < -0.3 is 39.0 Å². The van der Waals surface area contributed by atoms with Crippen molar-refractivity contribution in [1.29, 1.82) is 0 Å². The molecule has 73 heavy (non-hydrogen) atoms. The van der Waals surface area contributed by atoms with Crippen LogP contribution in [-0.2, 0) is 42.9 Å². The van der Waals surface area contributed by atoms with Crippen LogP contribution in [0.25, 0.3) is 0 Å². The van der Waals surface area contributed by atoms with Crippen LogP contribution >= 0.6 is 0 Å². The van der Waals surface area contributed by atoms with Gasteiger partial charge in [0, 0.05) is 19.3 Å². The summed E-state index contributed by atoms with van der Waals surface area (Å²) in [6.45, 7) is 5.83. The quantitative estimate of drug-likeness (QED) is 0.0228. The Hall–Kier alpha value is -3.84. The molecule has 0 saturated carbocycles. The molecule has 0 aromatic heterocycles. The standard InChI is InChI=1S/C61H102O12/c1-4-7-10-13-16-19-22-24-25-26-27-28-29-31-34-37-40-43-46-49-55(64)72-59-57(66)56(65)58(60(67)68)73-61(59)70-51-52(71-54(63)48-45-42-39-36-32-21-18-15-12-9-6-3)50-69-53(62)47-44-41-38-35-33-30-23-20-17-14-11-8-5-2/h7,10,16,19-20,23-25,27-28,31,34,52,56-59,61,65-66H,4-6,8-9,11-15,17-18,21-22,26,29-30,32-33,35-51H2,1-3H3,(H,67,68)/b10-7-,19-16-,23-20-,25-24-,28-27-,34-31-. The molecule has 0 aromatic rings. The summed E-state index contributed by atoms with van der Waals surface area (Å²) in [4.78, 5) is 51.0. The first-order valence-electron chi connectivity index (χ1n) is 28.9. The molecule has 1 fully saturated rings. The molecular formula is C61H102O12. The number of aliphatic hydroxyl groups is 2. The highest BCUT2D eigenvalue weighted by Gasteiger charge is 2.50. The molecule has 1 saturated heterocycles. The van der Waals surface area contributed by atoms with Crippen LogP contribution in [0.5, 0.6) is 0 Å². The molecule has 6 unspecified atom stereocenters. The zero-order valence-electron chi connectivity index (χ0n) is 45.9. The molecule has 1 aliphatic rings. The van der Waals surface area contributed by atoms with Crippen LogP contribution in [0.4, 0.5) is 0 Å². The average Bonchev–Trinajstić information content (AvgIpc) is 3.37. The van der Waals surface area contributed by atoms with E-state index in [4.69, 9.17) is 23.7 Å². The fourth-order valence-corrected chi connectivity index (χ4v) is 8.33. The Labute approximate surface area is 442 Å². The summed E-state index contributed by atoms with van der Waals surface area (Å²) in [5, 5.41) is 31.4. The van der Waals surface area contributed by atoms with E-state index in [1.807, 2.05) is 0 Å². The first-order valence-corrected chi connectivity index (χ1v) is 28.9. The monoisotopic (exact) mass is 1030 g/mol. The van der Waals surface area contributed by atoms with Crippen molar-refractivity contribution in [2.24, 2.45) is 0 Å². The second kappa shape index (κ2) is 49.1. The zero-order valence-corrected chi connectivity index (χ0v) is 45.9. The fourth-order valence-electron chi connectivity index (χ4n) is 8.33. The first kappa shape index (κ1) is 67.2. The van der Waals surface area contributed by atoms with Gasteiger partial charge in [-0.05, 0) is 89.9 Å². The number of allylic oxidation sites excluding steroid dienone is 12. The summed E-state index contributed by atoms with van der Waals surface area (Å²) in [7, 11) is 0. The molecular weight excluding hydrogens is 925 g/mol. The lowest BCUT2D eigenvalue weighted by atomic mass is 9.98. The van der Waals surface area contributed by atoms with Crippen LogP contribution in [0.15, 0.2) is 72.9 Å². The topological polar surface area (TPSA) is 175 Å². The van der Waals surface area contributed by atoms with Crippen LogP contribution in [0.2, 0.25) is 0 Å². The SMILES string of the molecule is CC/C=C\C/C=C\C/C=C\C/C=C\C/C=C\CCCCCC(=O)OC1C(OCC(COC(=O)CCCCCCC/C=C\CCCCCC)OC(=O)CCCCCCCCCCCCC)OC(C(=O)O)C(O)C1O. The first-order chi connectivity index (χ1) is 35.6. The Morgan fingerprint density at radius 3 is 1.36 bits per heavy atom. The number of carbonyl (C=O) groups is 4. The van der Waals surface area contributed by atoms with Crippen LogP contribution in [0, 0.1) is 0 Å². The molecule has 0 spiro atoms. The Bertz CT molecular complexity index is 1550. The molecule has 0 radical (unpaired) electrons. The van der Waals surface area contributed by atoms with Crippen molar-refractivity contribution < 1.29 is 58.2 Å². The van der Waals surface area contributed by atoms with E-state index in [-0.39, 0.29) is 25.9 Å². The molecule has 0 amide bonds.